The van der Waals surface area contributed by atoms with E-state index in [4.69, 9.17) is 14.2 Å². The molecular formula is C18H20N2O6S2. The van der Waals surface area contributed by atoms with Crippen LogP contribution in [0.3, 0.4) is 0 Å². The maximum Gasteiger partial charge on any atom is 0.250 e. The lowest BCUT2D eigenvalue weighted by Gasteiger charge is -2.26. The third-order valence-electron chi connectivity index (χ3n) is 4.49. The highest BCUT2D eigenvalue weighted by molar-refractivity contribution is 7.91. The summed E-state index contributed by atoms with van der Waals surface area (Å²) in [6.45, 7) is 2.54. The summed E-state index contributed by atoms with van der Waals surface area (Å²) in [4.78, 5) is 14.8. The number of amides is 1. The minimum absolute atomic E-state index is 0.0117. The van der Waals surface area contributed by atoms with Gasteiger partial charge in [0.05, 0.1) is 19.6 Å². The Kier molecular flexibility index (Phi) is 5.54. The highest BCUT2D eigenvalue weighted by Gasteiger charge is 2.21. The van der Waals surface area contributed by atoms with Gasteiger partial charge in [0, 0.05) is 24.5 Å². The Bertz CT molecular complexity index is 966. The predicted molar refractivity (Wildman–Crippen MR) is 102 cm³/mol. The van der Waals surface area contributed by atoms with E-state index in [2.05, 4.69) is 4.72 Å². The summed E-state index contributed by atoms with van der Waals surface area (Å²) in [6.07, 6.45) is 0.197. The van der Waals surface area contributed by atoms with Gasteiger partial charge in [0.25, 0.3) is 0 Å². The van der Waals surface area contributed by atoms with Gasteiger partial charge >= 0.3 is 0 Å². The molecule has 2 aromatic rings. The predicted octanol–water partition coefficient (Wildman–Crippen LogP) is 1.36. The molecule has 150 valence electrons. The molecule has 0 saturated carbocycles. The minimum Gasteiger partial charge on any atom is -0.454 e. The lowest BCUT2D eigenvalue weighted by molar-refractivity contribution is -0.134. The molecule has 10 heteroatoms. The topological polar surface area (TPSA) is 94.2 Å². The second kappa shape index (κ2) is 8.08. The third-order valence-corrected chi connectivity index (χ3v) is 7.47. The average molecular weight is 425 g/mol. The first kappa shape index (κ1) is 19.2. The first-order chi connectivity index (χ1) is 13.5. The molecule has 1 aromatic heterocycles. The van der Waals surface area contributed by atoms with Crippen molar-refractivity contribution in [3.8, 4) is 11.5 Å². The van der Waals surface area contributed by atoms with Gasteiger partial charge in [0.1, 0.15) is 4.21 Å². The van der Waals surface area contributed by atoms with Crippen LogP contribution in [-0.2, 0) is 32.5 Å². The van der Waals surface area contributed by atoms with Crippen LogP contribution in [0.25, 0.3) is 0 Å². The largest absolute Gasteiger partial charge is 0.454 e. The van der Waals surface area contributed by atoms with Crippen molar-refractivity contribution in [2.45, 2.75) is 17.2 Å². The Labute approximate surface area is 167 Å². The molecule has 1 fully saturated rings. The highest BCUT2D eigenvalue weighted by Crippen LogP contribution is 2.32. The summed E-state index contributed by atoms with van der Waals surface area (Å²) >= 11 is 1.11. The van der Waals surface area contributed by atoms with E-state index in [1.54, 1.807) is 29.2 Å². The number of ether oxygens (including phenoxy) is 3. The number of carbonyl (C=O) groups excluding carboxylic acids is 1. The Morgan fingerprint density at radius 3 is 2.71 bits per heavy atom. The summed E-state index contributed by atoms with van der Waals surface area (Å²) in [5, 5.41) is 0. The van der Waals surface area contributed by atoms with Gasteiger partial charge in [-0.3, -0.25) is 4.79 Å². The number of hydrogen-bond donors (Lipinski definition) is 1. The van der Waals surface area contributed by atoms with E-state index in [9.17, 15) is 13.2 Å². The number of benzene rings is 1. The molecule has 0 aliphatic carbocycles. The molecule has 0 unspecified atom stereocenters. The molecule has 1 N–H and O–H groups in total. The Morgan fingerprint density at radius 2 is 1.89 bits per heavy atom. The molecule has 1 amide bonds. The van der Waals surface area contributed by atoms with Crippen molar-refractivity contribution < 1.29 is 27.4 Å². The molecule has 3 heterocycles. The van der Waals surface area contributed by atoms with Gasteiger partial charge < -0.3 is 19.1 Å². The zero-order valence-corrected chi connectivity index (χ0v) is 16.7. The summed E-state index contributed by atoms with van der Waals surface area (Å²) in [5.74, 6) is 1.25. The van der Waals surface area contributed by atoms with Crippen LogP contribution in [0.2, 0.25) is 0 Å². The molecule has 28 heavy (non-hydrogen) atoms. The van der Waals surface area contributed by atoms with Gasteiger partial charge in [-0.1, -0.05) is 6.07 Å². The van der Waals surface area contributed by atoms with E-state index >= 15 is 0 Å². The molecule has 1 saturated heterocycles. The zero-order chi connectivity index (χ0) is 19.6. The Morgan fingerprint density at radius 1 is 1.11 bits per heavy atom. The Hall–Kier alpha value is -2.14. The second-order valence-corrected chi connectivity index (χ2v) is 9.56. The number of nitrogens with zero attached hydrogens (tertiary/aromatic N) is 1. The standard InChI is InChI=1S/C18H20N2O6S2/c21-17(20-5-7-24-8-6-20)10-14-2-4-18(27-14)28(22,23)19-11-13-1-3-15-16(9-13)26-12-25-15/h1-4,9,19H,5-8,10-12H2. The van der Waals surface area contributed by atoms with Gasteiger partial charge in [-0.05, 0) is 29.8 Å². The number of sulfonamides is 1. The molecule has 0 radical (unpaired) electrons. The van der Waals surface area contributed by atoms with Crippen molar-refractivity contribution in [2.75, 3.05) is 33.1 Å². The highest BCUT2D eigenvalue weighted by atomic mass is 32.2. The van der Waals surface area contributed by atoms with E-state index in [1.807, 2.05) is 0 Å². The van der Waals surface area contributed by atoms with Crippen LogP contribution in [0.5, 0.6) is 11.5 Å². The SMILES string of the molecule is O=C(Cc1ccc(S(=O)(=O)NCc2ccc3c(c2)OCO3)s1)N1CCOCC1. The van der Waals surface area contributed by atoms with Crippen molar-refractivity contribution in [2.24, 2.45) is 0 Å². The normalized spacial score (nSPS) is 16.4. The lowest BCUT2D eigenvalue weighted by atomic mass is 10.2. The van der Waals surface area contributed by atoms with Crippen molar-refractivity contribution in [3.05, 3.63) is 40.8 Å². The van der Waals surface area contributed by atoms with Crippen molar-refractivity contribution in [3.63, 3.8) is 0 Å². The monoisotopic (exact) mass is 424 g/mol. The number of thiophene rings is 1. The lowest BCUT2D eigenvalue weighted by Crippen LogP contribution is -2.41. The van der Waals surface area contributed by atoms with E-state index in [0.717, 1.165) is 21.8 Å². The van der Waals surface area contributed by atoms with E-state index in [-0.39, 0.29) is 29.9 Å². The molecule has 1 aromatic carbocycles. The number of morpholine rings is 1. The smallest absolute Gasteiger partial charge is 0.250 e. The molecule has 4 rings (SSSR count). The van der Waals surface area contributed by atoms with Gasteiger partial charge in [0.15, 0.2) is 11.5 Å². The van der Waals surface area contributed by atoms with Crippen LogP contribution >= 0.6 is 11.3 Å². The van der Waals surface area contributed by atoms with Crippen LogP contribution in [0.4, 0.5) is 0 Å². The quantitative estimate of drug-likeness (QED) is 0.753. The number of fused-ring (bicyclic) bond motifs is 1. The van der Waals surface area contributed by atoms with Crippen LogP contribution < -0.4 is 14.2 Å². The number of carbonyl (C=O) groups is 1. The molecule has 8 nitrogen and oxygen atoms in total. The molecular weight excluding hydrogens is 404 g/mol. The second-order valence-electron chi connectivity index (χ2n) is 6.40. The summed E-state index contributed by atoms with van der Waals surface area (Å²) in [7, 11) is -3.66. The maximum absolute atomic E-state index is 12.6. The molecule has 0 spiro atoms. The molecule has 2 aliphatic heterocycles. The van der Waals surface area contributed by atoms with Crippen LogP contribution in [-0.4, -0.2) is 52.3 Å². The van der Waals surface area contributed by atoms with E-state index in [1.165, 1.54) is 6.07 Å². The van der Waals surface area contributed by atoms with Gasteiger partial charge in [-0.15, -0.1) is 11.3 Å². The maximum atomic E-state index is 12.6. The molecule has 0 bridgehead atoms. The summed E-state index contributed by atoms with van der Waals surface area (Å²) in [6, 6.07) is 8.53. The summed E-state index contributed by atoms with van der Waals surface area (Å²) < 4.78 is 43.7. The van der Waals surface area contributed by atoms with Gasteiger partial charge in [-0.2, -0.15) is 0 Å². The fourth-order valence-electron chi connectivity index (χ4n) is 2.97. The van der Waals surface area contributed by atoms with E-state index < -0.39 is 10.0 Å². The van der Waals surface area contributed by atoms with Crippen molar-refractivity contribution >= 4 is 27.3 Å². The fourth-order valence-corrected chi connectivity index (χ4v) is 5.38. The molecule has 0 atom stereocenters. The first-order valence-electron chi connectivity index (χ1n) is 8.84. The Balaban J connectivity index is 1.37. The fraction of sp³-hybridized carbons (Fsp3) is 0.389. The summed E-state index contributed by atoms with van der Waals surface area (Å²) in [5.41, 5.74) is 0.770. The third kappa shape index (κ3) is 4.30. The van der Waals surface area contributed by atoms with Crippen LogP contribution in [0, 0.1) is 0 Å². The number of hydrogen-bond acceptors (Lipinski definition) is 7. The van der Waals surface area contributed by atoms with Crippen LogP contribution in [0.15, 0.2) is 34.5 Å². The average Bonchev–Trinajstić information content (AvgIpc) is 3.36. The number of nitrogens with one attached hydrogen (secondary N) is 1. The van der Waals surface area contributed by atoms with Gasteiger partial charge in [0.2, 0.25) is 22.7 Å². The van der Waals surface area contributed by atoms with E-state index in [0.29, 0.717) is 37.8 Å². The minimum atomic E-state index is -3.66. The molecule has 2 aliphatic rings. The van der Waals surface area contributed by atoms with Gasteiger partial charge in [-0.25, -0.2) is 13.1 Å². The van der Waals surface area contributed by atoms with Crippen LogP contribution in [0.1, 0.15) is 10.4 Å². The van der Waals surface area contributed by atoms with Crippen molar-refractivity contribution in [1.82, 2.24) is 9.62 Å². The van der Waals surface area contributed by atoms with Crippen molar-refractivity contribution in [1.29, 1.82) is 0 Å². The first-order valence-corrected chi connectivity index (χ1v) is 11.1. The number of rotatable bonds is 6. The zero-order valence-electron chi connectivity index (χ0n) is 15.0.